The van der Waals surface area contributed by atoms with Crippen molar-refractivity contribution in [1.29, 1.82) is 0 Å². The summed E-state index contributed by atoms with van der Waals surface area (Å²) in [5.74, 6) is 1.87. The van der Waals surface area contributed by atoms with Crippen molar-refractivity contribution in [3.8, 4) is 12.3 Å². The Morgan fingerprint density at radius 2 is 2.21 bits per heavy atom. The van der Waals surface area contributed by atoms with Crippen molar-refractivity contribution in [2.75, 3.05) is 6.54 Å². The maximum Gasteiger partial charge on any atom is 0.240 e. The molecule has 0 saturated heterocycles. The number of halogens is 2. The van der Waals surface area contributed by atoms with Crippen LogP contribution in [0, 0.1) is 24.0 Å². The van der Waals surface area contributed by atoms with Crippen LogP contribution in [0.3, 0.4) is 0 Å². The fraction of sp³-hybridized carbons (Fsp3) is 0.231. The zero-order valence-electron chi connectivity index (χ0n) is 9.99. The van der Waals surface area contributed by atoms with E-state index in [9.17, 15) is 8.78 Å². The smallest absolute Gasteiger partial charge is 0.240 e. The molecule has 0 radical (unpaired) electrons. The standard InChI is InChI=1S/C13H11F2N3O/c1-2-5-16-8-13-17-12(18-19-13)6-9-3-4-10(14)7-11(9)15/h1,3-4,7,16H,5-6,8H2. The number of nitrogens with zero attached hydrogens (tertiary/aromatic N) is 2. The molecule has 19 heavy (non-hydrogen) atoms. The van der Waals surface area contributed by atoms with Gasteiger partial charge in [-0.25, -0.2) is 8.78 Å². The zero-order chi connectivity index (χ0) is 13.7. The maximum absolute atomic E-state index is 13.4. The Bertz CT molecular complexity index is 604. The van der Waals surface area contributed by atoms with Gasteiger partial charge in [0.25, 0.3) is 0 Å². The van der Waals surface area contributed by atoms with Crippen molar-refractivity contribution in [3.63, 3.8) is 0 Å². The van der Waals surface area contributed by atoms with Gasteiger partial charge in [-0.1, -0.05) is 17.1 Å². The third-order valence-electron chi connectivity index (χ3n) is 2.38. The molecule has 6 heteroatoms. The number of hydrogen-bond donors (Lipinski definition) is 1. The quantitative estimate of drug-likeness (QED) is 0.658. The minimum atomic E-state index is -0.628. The molecule has 1 aromatic carbocycles. The fourth-order valence-corrected chi connectivity index (χ4v) is 1.51. The topological polar surface area (TPSA) is 51.0 Å². The molecule has 1 N–H and O–H groups in total. The molecule has 0 aliphatic heterocycles. The Balaban J connectivity index is 2.01. The summed E-state index contributed by atoms with van der Waals surface area (Å²) in [6.45, 7) is 0.743. The molecule has 98 valence electrons. The predicted molar refractivity (Wildman–Crippen MR) is 64.0 cm³/mol. The molecule has 4 nitrogen and oxygen atoms in total. The lowest BCUT2D eigenvalue weighted by Crippen LogP contribution is -2.13. The summed E-state index contributed by atoms with van der Waals surface area (Å²) in [5, 5.41) is 6.61. The molecule has 0 aliphatic rings. The Hall–Kier alpha value is -2.26. The van der Waals surface area contributed by atoms with Gasteiger partial charge in [0.1, 0.15) is 11.6 Å². The van der Waals surface area contributed by atoms with E-state index >= 15 is 0 Å². The monoisotopic (exact) mass is 263 g/mol. The van der Waals surface area contributed by atoms with Crippen molar-refractivity contribution in [2.24, 2.45) is 0 Å². The van der Waals surface area contributed by atoms with E-state index in [1.165, 1.54) is 12.1 Å². The lowest BCUT2D eigenvalue weighted by molar-refractivity contribution is 0.366. The van der Waals surface area contributed by atoms with Crippen LogP contribution in [0.1, 0.15) is 17.3 Å². The Morgan fingerprint density at radius 3 is 2.95 bits per heavy atom. The van der Waals surface area contributed by atoms with E-state index in [1.807, 2.05) is 0 Å². The molecule has 2 rings (SSSR count). The number of nitrogens with one attached hydrogen (secondary N) is 1. The highest BCUT2D eigenvalue weighted by Crippen LogP contribution is 2.13. The summed E-state index contributed by atoms with van der Waals surface area (Å²) in [6, 6.07) is 3.37. The molecule has 2 aromatic rings. The summed E-state index contributed by atoms with van der Waals surface area (Å²) >= 11 is 0. The normalized spacial score (nSPS) is 10.4. The SMILES string of the molecule is C#CCNCc1nc(Cc2ccc(F)cc2F)no1. The van der Waals surface area contributed by atoms with Gasteiger partial charge in [0.15, 0.2) is 5.82 Å². The molecule has 0 bridgehead atoms. The van der Waals surface area contributed by atoms with E-state index in [0.717, 1.165) is 6.07 Å². The summed E-state index contributed by atoms with van der Waals surface area (Å²) in [7, 11) is 0. The highest BCUT2D eigenvalue weighted by molar-refractivity contribution is 5.21. The highest BCUT2D eigenvalue weighted by atomic mass is 19.1. The largest absolute Gasteiger partial charge is 0.338 e. The fourth-order valence-electron chi connectivity index (χ4n) is 1.51. The van der Waals surface area contributed by atoms with E-state index in [-0.39, 0.29) is 6.42 Å². The van der Waals surface area contributed by atoms with Crippen LogP contribution in [-0.2, 0) is 13.0 Å². The van der Waals surface area contributed by atoms with Crippen LogP contribution < -0.4 is 5.32 Å². The molecule has 0 amide bonds. The van der Waals surface area contributed by atoms with Gasteiger partial charge in [-0.05, 0) is 11.6 Å². The van der Waals surface area contributed by atoms with Crippen LogP contribution in [0.15, 0.2) is 22.7 Å². The van der Waals surface area contributed by atoms with Crippen molar-refractivity contribution in [3.05, 3.63) is 47.1 Å². The highest BCUT2D eigenvalue weighted by Gasteiger charge is 2.10. The maximum atomic E-state index is 13.4. The van der Waals surface area contributed by atoms with Crippen LogP contribution in [0.4, 0.5) is 8.78 Å². The third-order valence-corrected chi connectivity index (χ3v) is 2.38. The van der Waals surface area contributed by atoms with Crippen LogP contribution in [0.5, 0.6) is 0 Å². The van der Waals surface area contributed by atoms with Gasteiger partial charge in [-0.3, -0.25) is 5.32 Å². The second kappa shape index (κ2) is 6.07. The predicted octanol–water partition coefficient (Wildman–Crippen LogP) is 1.66. The second-order valence-corrected chi connectivity index (χ2v) is 3.82. The van der Waals surface area contributed by atoms with E-state index < -0.39 is 11.6 Å². The second-order valence-electron chi connectivity index (χ2n) is 3.82. The molecule has 0 fully saturated rings. The average molecular weight is 263 g/mol. The van der Waals surface area contributed by atoms with Crippen LogP contribution >= 0.6 is 0 Å². The molecule has 0 aliphatic carbocycles. The summed E-state index contributed by atoms with van der Waals surface area (Å²) in [6.07, 6.45) is 5.22. The Morgan fingerprint density at radius 1 is 1.37 bits per heavy atom. The average Bonchev–Trinajstić information content (AvgIpc) is 2.81. The lowest BCUT2D eigenvalue weighted by Gasteiger charge is -1.99. The van der Waals surface area contributed by atoms with Gasteiger partial charge in [0.05, 0.1) is 13.1 Å². The minimum Gasteiger partial charge on any atom is -0.338 e. The van der Waals surface area contributed by atoms with Crippen LogP contribution in [-0.4, -0.2) is 16.7 Å². The van der Waals surface area contributed by atoms with Gasteiger partial charge < -0.3 is 4.52 Å². The third kappa shape index (κ3) is 3.60. The van der Waals surface area contributed by atoms with Crippen LogP contribution in [0.25, 0.3) is 0 Å². The Labute approximate surface area is 108 Å². The summed E-state index contributed by atoms with van der Waals surface area (Å²) < 4.78 is 31.1. The van der Waals surface area contributed by atoms with Crippen molar-refractivity contribution in [2.45, 2.75) is 13.0 Å². The summed E-state index contributed by atoms with van der Waals surface area (Å²) in [4.78, 5) is 4.07. The Kier molecular flexibility index (Phi) is 4.21. The van der Waals surface area contributed by atoms with E-state index in [0.29, 0.717) is 30.4 Å². The van der Waals surface area contributed by atoms with Crippen molar-refractivity contribution < 1.29 is 13.3 Å². The zero-order valence-corrected chi connectivity index (χ0v) is 9.99. The first-order chi connectivity index (χ1) is 9.19. The molecule has 0 saturated carbocycles. The number of aromatic nitrogens is 2. The first-order valence-corrected chi connectivity index (χ1v) is 5.58. The van der Waals surface area contributed by atoms with Gasteiger partial charge in [-0.2, -0.15) is 4.98 Å². The lowest BCUT2D eigenvalue weighted by atomic mass is 10.1. The van der Waals surface area contributed by atoms with Gasteiger partial charge in [0.2, 0.25) is 5.89 Å². The molecular formula is C13H11F2N3O. The van der Waals surface area contributed by atoms with Crippen LogP contribution in [0.2, 0.25) is 0 Å². The molecule has 0 spiro atoms. The van der Waals surface area contributed by atoms with Gasteiger partial charge in [0, 0.05) is 12.5 Å². The number of hydrogen-bond acceptors (Lipinski definition) is 4. The number of rotatable bonds is 5. The van der Waals surface area contributed by atoms with E-state index in [2.05, 4.69) is 21.4 Å². The van der Waals surface area contributed by atoms with Gasteiger partial charge >= 0.3 is 0 Å². The summed E-state index contributed by atoms with van der Waals surface area (Å²) in [5.41, 5.74) is 0.310. The van der Waals surface area contributed by atoms with Crippen molar-refractivity contribution >= 4 is 0 Å². The number of terminal acetylenes is 1. The molecule has 0 unspecified atom stereocenters. The first kappa shape index (κ1) is 13.2. The molecule has 1 aromatic heterocycles. The molecular weight excluding hydrogens is 252 g/mol. The molecule has 1 heterocycles. The van der Waals surface area contributed by atoms with Gasteiger partial charge in [-0.15, -0.1) is 6.42 Å². The minimum absolute atomic E-state index is 0.144. The van der Waals surface area contributed by atoms with E-state index in [4.69, 9.17) is 10.9 Å². The van der Waals surface area contributed by atoms with Crippen molar-refractivity contribution in [1.82, 2.24) is 15.5 Å². The molecule has 0 atom stereocenters. The van der Waals surface area contributed by atoms with E-state index in [1.54, 1.807) is 0 Å². The number of benzene rings is 1. The first-order valence-electron chi connectivity index (χ1n) is 5.58.